The first-order chi connectivity index (χ1) is 5.91. The number of carbonyl (C=O) groups excluding carboxylic acids is 1. The number of hydrogen-bond acceptors (Lipinski definition) is 2. The lowest BCUT2D eigenvalue weighted by atomic mass is 9.96. The number of carbonyl (C=O) groups is 1. The minimum Gasteiger partial charge on any atom is -0.463 e. The number of esters is 1. The molecule has 1 unspecified atom stereocenters. The van der Waals surface area contributed by atoms with Crippen molar-refractivity contribution >= 4 is 5.97 Å². The molecule has 2 nitrogen and oxygen atoms in total. The SMILES string of the molecule is CC(C)CC(C)CC(=O)OC(C)C. The van der Waals surface area contributed by atoms with Crippen molar-refractivity contribution in [2.24, 2.45) is 11.8 Å². The monoisotopic (exact) mass is 186 g/mol. The van der Waals surface area contributed by atoms with Gasteiger partial charge in [-0.05, 0) is 32.1 Å². The van der Waals surface area contributed by atoms with E-state index in [1.54, 1.807) is 0 Å². The fourth-order valence-corrected chi connectivity index (χ4v) is 1.48. The Labute approximate surface area is 81.7 Å². The van der Waals surface area contributed by atoms with Crippen molar-refractivity contribution in [3.63, 3.8) is 0 Å². The van der Waals surface area contributed by atoms with Crippen molar-refractivity contribution in [2.75, 3.05) is 0 Å². The molecule has 0 saturated carbocycles. The van der Waals surface area contributed by atoms with Crippen LogP contribution in [0.25, 0.3) is 0 Å². The lowest BCUT2D eigenvalue weighted by Gasteiger charge is -2.14. The van der Waals surface area contributed by atoms with Gasteiger partial charge in [0.25, 0.3) is 0 Å². The Kier molecular flexibility index (Phi) is 5.76. The van der Waals surface area contributed by atoms with Crippen molar-refractivity contribution in [1.29, 1.82) is 0 Å². The smallest absolute Gasteiger partial charge is 0.306 e. The molecule has 0 spiro atoms. The van der Waals surface area contributed by atoms with Gasteiger partial charge in [0.15, 0.2) is 0 Å². The van der Waals surface area contributed by atoms with Crippen molar-refractivity contribution in [3.8, 4) is 0 Å². The molecule has 78 valence electrons. The quantitative estimate of drug-likeness (QED) is 0.617. The molecule has 0 aliphatic heterocycles. The van der Waals surface area contributed by atoms with Crippen LogP contribution in [0.3, 0.4) is 0 Å². The van der Waals surface area contributed by atoms with Crippen molar-refractivity contribution in [1.82, 2.24) is 0 Å². The molecule has 0 rings (SSSR count). The lowest BCUT2D eigenvalue weighted by Crippen LogP contribution is -2.15. The van der Waals surface area contributed by atoms with Crippen molar-refractivity contribution in [3.05, 3.63) is 0 Å². The maximum absolute atomic E-state index is 11.2. The Morgan fingerprint density at radius 3 is 2.08 bits per heavy atom. The molecule has 0 aromatic rings. The fraction of sp³-hybridized carbons (Fsp3) is 0.909. The zero-order chi connectivity index (χ0) is 10.4. The Morgan fingerprint density at radius 2 is 1.69 bits per heavy atom. The van der Waals surface area contributed by atoms with E-state index >= 15 is 0 Å². The van der Waals surface area contributed by atoms with E-state index in [2.05, 4.69) is 20.8 Å². The summed E-state index contributed by atoms with van der Waals surface area (Å²) in [5.74, 6) is 1.02. The fourth-order valence-electron chi connectivity index (χ4n) is 1.48. The number of hydrogen-bond donors (Lipinski definition) is 0. The molecule has 0 amide bonds. The average molecular weight is 186 g/mol. The third kappa shape index (κ3) is 7.82. The van der Waals surface area contributed by atoms with E-state index in [0.717, 1.165) is 6.42 Å². The molecule has 0 aromatic heterocycles. The number of rotatable bonds is 5. The van der Waals surface area contributed by atoms with Crippen LogP contribution in [0.5, 0.6) is 0 Å². The first-order valence-electron chi connectivity index (χ1n) is 5.11. The van der Waals surface area contributed by atoms with Gasteiger partial charge in [-0.25, -0.2) is 0 Å². The predicted octanol–water partition coefficient (Wildman–Crippen LogP) is 3.01. The molecule has 0 aliphatic rings. The summed E-state index contributed by atoms with van der Waals surface area (Å²) in [5, 5.41) is 0. The van der Waals surface area contributed by atoms with Crippen LogP contribution in [0, 0.1) is 11.8 Å². The normalized spacial score (nSPS) is 13.5. The molecular weight excluding hydrogens is 164 g/mol. The lowest BCUT2D eigenvalue weighted by molar-refractivity contribution is -0.148. The standard InChI is InChI=1S/C11H22O2/c1-8(2)6-10(5)7-11(12)13-9(3)4/h8-10H,6-7H2,1-5H3. The minimum absolute atomic E-state index is 0.0127. The zero-order valence-corrected chi connectivity index (χ0v) is 9.46. The summed E-state index contributed by atoms with van der Waals surface area (Å²) >= 11 is 0. The Morgan fingerprint density at radius 1 is 1.15 bits per heavy atom. The summed E-state index contributed by atoms with van der Waals surface area (Å²) in [4.78, 5) is 11.2. The summed E-state index contributed by atoms with van der Waals surface area (Å²) in [6, 6.07) is 0. The largest absolute Gasteiger partial charge is 0.463 e. The van der Waals surface area contributed by atoms with E-state index in [1.807, 2.05) is 13.8 Å². The molecule has 0 aromatic carbocycles. The van der Waals surface area contributed by atoms with Gasteiger partial charge >= 0.3 is 5.97 Å². The molecule has 1 atom stereocenters. The van der Waals surface area contributed by atoms with Gasteiger partial charge < -0.3 is 4.74 Å². The van der Waals surface area contributed by atoms with E-state index in [-0.39, 0.29) is 12.1 Å². The topological polar surface area (TPSA) is 26.3 Å². The third-order valence-corrected chi connectivity index (χ3v) is 1.76. The Bertz CT molecular complexity index is 150. The highest BCUT2D eigenvalue weighted by Gasteiger charge is 2.12. The molecule has 0 N–H and O–H groups in total. The van der Waals surface area contributed by atoms with Crippen LogP contribution in [-0.2, 0) is 9.53 Å². The molecule has 0 saturated heterocycles. The van der Waals surface area contributed by atoms with E-state index in [1.165, 1.54) is 0 Å². The van der Waals surface area contributed by atoms with Crippen LogP contribution >= 0.6 is 0 Å². The highest BCUT2D eigenvalue weighted by atomic mass is 16.5. The molecule has 0 radical (unpaired) electrons. The Hall–Kier alpha value is -0.530. The molecular formula is C11H22O2. The second kappa shape index (κ2) is 6.01. The minimum atomic E-state index is -0.0665. The third-order valence-electron chi connectivity index (χ3n) is 1.76. The van der Waals surface area contributed by atoms with Gasteiger partial charge in [-0.1, -0.05) is 20.8 Å². The van der Waals surface area contributed by atoms with Crippen LogP contribution in [0.15, 0.2) is 0 Å². The van der Waals surface area contributed by atoms with Crippen LogP contribution in [0.1, 0.15) is 47.5 Å². The van der Waals surface area contributed by atoms with E-state index in [0.29, 0.717) is 18.3 Å². The number of ether oxygens (including phenoxy) is 1. The van der Waals surface area contributed by atoms with Gasteiger partial charge in [0, 0.05) is 6.42 Å². The predicted molar refractivity (Wildman–Crippen MR) is 54.5 cm³/mol. The highest BCUT2D eigenvalue weighted by molar-refractivity contribution is 5.69. The second-order valence-corrected chi connectivity index (χ2v) is 4.48. The van der Waals surface area contributed by atoms with Gasteiger partial charge in [0.05, 0.1) is 6.10 Å². The Balaban J connectivity index is 3.65. The molecule has 0 heterocycles. The molecule has 0 aliphatic carbocycles. The van der Waals surface area contributed by atoms with E-state index in [4.69, 9.17) is 4.74 Å². The van der Waals surface area contributed by atoms with Crippen molar-refractivity contribution < 1.29 is 9.53 Å². The summed E-state index contributed by atoms with van der Waals surface area (Å²) in [6.07, 6.45) is 1.66. The summed E-state index contributed by atoms with van der Waals surface area (Å²) in [5.41, 5.74) is 0. The molecule has 0 bridgehead atoms. The van der Waals surface area contributed by atoms with Gasteiger partial charge in [0.2, 0.25) is 0 Å². The highest BCUT2D eigenvalue weighted by Crippen LogP contribution is 2.15. The summed E-state index contributed by atoms with van der Waals surface area (Å²) in [7, 11) is 0. The van der Waals surface area contributed by atoms with Gasteiger partial charge in [-0.15, -0.1) is 0 Å². The van der Waals surface area contributed by atoms with Gasteiger partial charge in [-0.2, -0.15) is 0 Å². The van der Waals surface area contributed by atoms with Gasteiger partial charge in [-0.3, -0.25) is 4.79 Å². The van der Waals surface area contributed by atoms with Crippen LogP contribution in [0.2, 0.25) is 0 Å². The van der Waals surface area contributed by atoms with Crippen LogP contribution in [-0.4, -0.2) is 12.1 Å². The summed E-state index contributed by atoms with van der Waals surface area (Å²) in [6.45, 7) is 10.2. The molecule has 0 fully saturated rings. The maximum atomic E-state index is 11.2. The first kappa shape index (κ1) is 12.5. The maximum Gasteiger partial charge on any atom is 0.306 e. The average Bonchev–Trinajstić information content (AvgIpc) is 1.80. The second-order valence-electron chi connectivity index (χ2n) is 4.48. The van der Waals surface area contributed by atoms with Crippen molar-refractivity contribution in [2.45, 2.75) is 53.6 Å². The van der Waals surface area contributed by atoms with Gasteiger partial charge in [0.1, 0.15) is 0 Å². The molecule has 2 heteroatoms. The van der Waals surface area contributed by atoms with E-state index < -0.39 is 0 Å². The molecule has 13 heavy (non-hydrogen) atoms. The van der Waals surface area contributed by atoms with Crippen LogP contribution in [0.4, 0.5) is 0 Å². The first-order valence-corrected chi connectivity index (χ1v) is 5.11. The summed E-state index contributed by atoms with van der Waals surface area (Å²) < 4.78 is 5.06. The van der Waals surface area contributed by atoms with E-state index in [9.17, 15) is 4.79 Å². The van der Waals surface area contributed by atoms with Crippen LogP contribution < -0.4 is 0 Å². The zero-order valence-electron chi connectivity index (χ0n) is 9.46.